The van der Waals surface area contributed by atoms with E-state index in [1.165, 1.54) is 12.0 Å². The van der Waals surface area contributed by atoms with Crippen molar-refractivity contribution in [3.05, 3.63) is 27.5 Å². The van der Waals surface area contributed by atoms with Crippen LogP contribution in [0, 0.1) is 18.3 Å². The zero-order valence-electron chi connectivity index (χ0n) is 9.51. The van der Waals surface area contributed by atoms with Gasteiger partial charge in [0.2, 0.25) is 5.69 Å². The summed E-state index contributed by atoms with van der Waals surface area (Å²) in [4.78, 5) is 5.27. The first kappa shape index (κ1) is 11.2. The third kappa shape index (κ3) is 1.54. The summed E-state index contributed by atoms with van der Waals surface area (Å²) < 4.78 is 1.60. The molecule has 0 atom stereocenters. The minimum absolute atomic E-state index is 0.392. The minimum Gasteiger partial charge on any atom is -0.273 e. The molecule has 0 radical (unpaired) electrons. The highest BCUT2D eigenvalue weighted by molar-refractivity contribution is 6.29. The van der Waals surface area contributed by atoms with E-state index in [-0.39, 0.29) is 0 Å². The lowest BCUT2D eigenvalue weighted by Gasteiger charge is -2.16. The van der Waals surface area contributed by atoms with Crippen LogP contribution in [0.15, 0.2) is 0 Å². The van der Waals surface area contributed by atoms with Crippen molar-refractivity contribution in [2.75, 3.05) is 7.11 Å². The van der Waals surface area contributed by atoms with Crippen LogP contribution in [0.2, 0.25) is 5.15 Å². The molecule has 3 nitrogen and oxygen atoms in total. The molecule has 84 valence electrons. The maximum absolute atomic E-state index is 9.12. The van der Waals surface area contributed by atoms with Crippen molar-refractivity contribution in [1.29, 1.82) is 5.26 Å². The summed E-state index contributed by atoms with van der Waals surface area (Å²) in [6.45, 7) is 1.97. The molecule has 0 bridgehead atoms. The first-order valence-corrected chi connectivity index (χ1v) is 5.79. The largest absolute Gasteiger partial charge is 0.343 e. The smallest absolute Gasteiger partial charge is 0.273 e. The van der Waals surface area contributed by atoms with Crippen molar-refractivity contribution in [2.24, 2.45) is 0 Å². The van der Waals surface area contributed by atoms with Gasteiger partial charge in [0.15, 0.2) is 0 Å². The molecule has 1 aromatic heterocycles. The van der Waals surface area contributed by atoms with Crippen LogP contribution < -0.4 is 9.57 Å². The zero-order valence-corrected chi connectivity index (χ0v) is 10.3. The van der Waals surface area contributed by atoms with Crippen LogP contribution in [0.5, 0.6) is 0 Å². The van der Waals surface area contributed by atoms with Gasteiger partial charge in [-0.1, -0.05) is 0 Å². The number of aromatic nitrogens is 1. The molecule has 1 aliphatic carbocycles. The fraction of sp³-hybridized carbons (Fsp3) is 0.500. The molecule has 0 aliphatic heterocycles. The number of rotatable bonds is 1. The monoisotopic (exact) mass is 237 g/mol. The number of hydrogen-bond acceptors (Lipinski definition) is 2. The van der Waals surface area contributed by atoms with E-state index in [1.807, 2.05) is 6.92 Å². The Morgan fingerprint density at radius 1 is 1.38 bits per heavy atom. The highest BCUT2D eigenvalue weighted by Gasteiger charge is 2.31. The third-order valence-electron chi connectivity index (χ3n) is 3.19. The molecule has 1 heterocycles. The van der Waals surface area contributed by atoms with E-state index >= 15 is 0 Å². The maximum Gasteiger partial charge on any atom is 0.343 e. The fourth-order valence-electron chi connectivity index (χ4n) is 2.36. The fourth-order valence-corrected chi connectivity index (χ4v) is 2.72. The Morgan fingerprint density at radius 3 is 2.69 bits per heavy atom. The lowest BCUT2D eigenvalue weighted by Crippen LogP contribution is -2.48. The maximum atomic E-state index is 9.12. The van der Waals surface area contributed by atoms with Crippen molar-refractivity contribution in [2.45, 2.75) is 32.6 Å². The van der Waals surface area contributed by atoms with Crippen LogP contribution in [0.25, 0.3) is 0 Å². The molecule has 0 N–H and O–H groups in total. The third-order valence-corrected chi connectivity index (χ3v) is 3.53. The normalized spacial score (nSPS) is 14.1. The number of nitriles is 1. The Labute approximate surface area is 100 Å². The zero-order chi connectivity index (χ0) is 11.7. The van der Waals surface area contributed by atoms with E-state index in [0.29, 0.717) is 10.7 Å². The Kier molecular flexibility index (Phi) is 3.02. The van der Waals surface area contributed by atoms with Crippen LogP contribution in [-0.2, 0) is 12.8 Å². The van der Waals surface area contributed by atoms with Crippen molar-refractivity contribution < 1.29 is 9.57 Å². The summed E-state index contributed by atoms with van der Waals surface area (Å²) in [6, 6.07) is 2.16. The Balaban J connectivity index is 2.76. The first-order valence-electron chi connectivity index (χ1n) is 5.41. The molecule has 0 unspecified atom stereocenters. The van der Waals surface area contributed by atoms with Gasteiger partial charge in [-0.25, -0.2) is 0 Å². The molecule has 0 fully saturated rings. The van der Waals surface area contributed by atoms with Crippen LogP contribution in [-0.4, -0.2) is 7.11 Å². The average molecular weight is 238 g/mol. The van der Waals surface area contributed by atoms with E-state index in [4.69, 9.17) is 21.7 Å². The van der Waals surface area contributed by atoms with Gasteiger partial charge in [0.25, 0.3) is 0 Å². The molecule has 16 heavy (non-hydrogen) atoms. The molecule has 0 spiro atoms. The van der Waals surface area contributed by atoms with Crippen LogP contribution >= 0.6 is 11.6 Å². The topological polar surface area (TPSA) is 36.9 Å². The SMILES string of the molecule is CO[n+]1c(Cl)c(C#N)c(C)c2c1CCCC2. The van der Waals surface area contributed by atoms with Crippen molar-refractivity contribution >= 4 is 11.6 Å². The Bertz CT molecular complexity index is 446. The number of pyridine rings is 1. The van der Waals surface area contributed by atoms with Gasteiger partial charge in [0, 0.05) is 16.7 Å². The highest BCUT2D eigenvalue weighted by Crippen LogP contribution is 2.26. The average Bonchev–Trinajstić information content (AvgIpc) is 2.30. The van der Waals surface area contributed by atoms with Crippen LogP contribution in [0.3, 0.4) is 0 Å². The number of hydrogen-bond donors (Lipinski definition) is 0. The molecule has 1 aromatic rings. The van der Waals surface area contributed by atoms with Crippen LogP contribution in [0.1, 0.15) is 35.2 Å². The highest BCUT2D eigenvalue weighted by atomic mass is 35.5. The Morgan fingerprint density at radius 2 is 2.06 bits per heavy atom. The van der Waals surface area contributed by atoms with Crippen molar-refractivity contribution in [3.8, 4) is 6.07 Å². The lowest BCUT2D eigenvalue weighted by atomic mass is 9.91. The number of nitrogens with zero attached hydrogens (tertiary/aromatic N) is 2. The lowest BCUT2D eigenvalue weighted by molar-refractivity contribution is -0.889. The Hall–Kier alpha value is -1.27. The predicted molar refractivity (Wildman–Crippen MR) is 60.2 cm³/mol. The molecule has 4 heteroatoms. The van der Waals surface area contributed by atoms with E-state index in [9.17, 15) is 0 Å². The van der Waals surface area contributed by atoms with E-state index < -0.39 is 0 Å². The van der Waals surface area contributed by atoms with Crippen LogP contribution in [0.4, 0.5) is 0 Å². The van der Waals surface area contributed by atoms with Crippen molar-refractivity contribution in [1.82, 2.24) is 0 Å². The van der Waals surface area contributed by atoms with Gasteiger partial charge < -0.3 is 0 Å². The predicted octanol–water partition coefficient (Wildman–Crippen LogP) is 1.74. The first-order chi connectivity index (χ1) is 7.70. The van der Waals surface area contributed by atoms with E-state index in [0.717, 1.165) is 30.5 Å². The summed E-state index contributed by atoms with van der Waals surface area (Å²) in [5.41, 5.74) is 3.89. The van der Waals surface area contributed by atoms with Gasteiger partial charge in [-0.3, -0.25) is 4.84 Å². The second kappa shape index (κ2) is 4.31. The molecule has 0 saturated heterocycles. The van der Waals surface area contributed by atoms with Crippen molar-refractivity contribution in [3.63, 3.8) is 0 Å². The quantitative estimate of drug-likeness (QED) is 0.551. The van der Waals surface area contributed by atoms with Gasteiger partial charge in [0.1, 0.15) is 18.7 Å². The summed E-state index contributed by atoms with van der Waals surface area (Å²) in [5, 5.41) is 9.51. The van der Waals surface area contributed by atoms with Gasteiger partial charge in [0.05, 0.1) is 0 Å². The summed E-state index contributed by atoms with van der Waals surface area (Å²) in [7, 11) is 1.58. The summed E-state index contributed by atoms with van der Waals surface area (Å²) >= 11 is 6.17. The summed E-state index contributed by atoms with van der Waals surface area (Å²) in [6.07, 6.45) is 4.30. The molecule has 0 amide bonds. The standard InChI is InChI=1S/C12H14ClN2O/c1-8-9-5-3-4-6-11(9)15(16-2)12(13)10(8)7-14/h3-6H2,1-2H3/q+1. The van der Waals surface area contributed by atoms with E-state index in [2.05, 4.69) is 6.07 Å². The van der Waals surface area contributed by atoms with E-state index in [1.54, 1.807) is 11.8 Å². The number of halogens is 1. The van der Waals surface area contributed by atoms with Gasteiger partial charge in [-0.15, -0.1) is 0 Å². The minimum atomic E-state index is 0.392. The molecular weight excluding hydrogens is 224 g/mol. The molecule has 2 rings (SSSR count). The van der Waals surface area contributed by atoms with Gasteiger partial charge in [-0.05, 0) is 43.4 Å². The molecule has 0 aromatic carbocycles. The number of fused-ring (bicyclic) bond motifs is 1. The second-order valence-electron chi connectivity index (χ2n) is 4.01. The molecule has 1 aliphatic rings. The second-order valence-corrected chi connectivity index (χ2v) is 4.37. The van der Waals surface area contributed by atoms with Gasteiger partial charge in [-0.2, -0.15) is 5.26 Å². The molecular formula is C12H14ClN2O+. The summed E-state index contributed by atoms with van der Waals surface area (Å²) in [5.74, 6) is 0. The van der Waals surface area contributed by atoms with Gasteiger partial charge >= 0.3 is 5.15 Å². The molecule has 0 saturated carbocycles.